The summed E-state index contributed by atoms with van der Waals surface area (Å²) in [5.41, 5.74) is 1.65. The van der Waals surface area contributed by atoms with Gasteiger partial charge in [0, 0.05) is 5.56 Å². The van der Waals surface area contributed by atoms with Gasteiger partial charge in [-0.25, -0.2) is 9.07 Å². The summed E-state index contributed by atoms with van der Waals surface area (Å²) < 4.78 is 14.2. The molecule has 0 spiro atoms. The van der Waals surface area contributed by atoms with Gasteiger partial charge in [0.2, 0.25) is 0 Å². The summed E-state index contributed by atoms with van der Waals surface area (Å²) in [5, 5.41) is 4.63. The Kier molecular flexibility index (Phi) is 2.25. The highest BCUT2D eigenvalue weighted by atomic mass is 35.5. The first-order valence-electron chi connectivity index (χ1n) is 4.14. The lowest BCUT2D eigenvalue weighted by Gasteiger charge is -2.02. The fraction of sp³-hybridized carbons (Fsp3) is 0.100. The maximum Gasteiger partial charge on any atom is 0.135 e. The number of benzene rings is 1. The molecule has 0 N–H and O–H groups in total. The van der Waals surface area contributed by atoms with Crippen LogP contribution in [0.1, 0.15) is 5.56 Å². The first-order chi connectivity index (χ1) is 6.68. The molecule has 2 rings (SSSR count). The van der Waals surface area contributed by atoms with Crippen molar-refractivity contribution in [2.24, 2.45) is 0 Å². The minimum Gasteiger partial charge on any atom is -0.222 e. The van der Waals surface area contributed by atoms with Crippen molar-refractivity contribution in [1.29, 1.82) is 0 Å². The van der Waals surface area contributed by atoms with Gasteiger partial charge >= 0.3 is 0 Å². The summed E-state index contributed by atoms with van der Waals surface area (Å²) in [4.78, 5) is 0. The van der Waals surface area contributed by atoms with Gasteiger partial charge in [-0.2, -0.15) is 5.10 Å². The van der Waals surface area contributed by atoms with Crippen molar-refractivity contribution in [1.82, 2.24) is 9.78 Å². The van der Waals surface area contributed by atoms with E-state index in [1.54, 1.807) is 23.0 Å². The van der Waals surface area contributed by atoms with Crippen LogP contribution >= 0.6 is 11.6 Å². The summed E-state index contributed by atoms with van der Waals surface area (Å²) >= 11 is 5.99. The predicted octanol–water partition coefficient (Wildman–Crippen LogP) is 2.97. The van der Waals surface area contributed by atoms with Crippen LogP contribution in [0.15, 0.2) is 30.5 Å². The standard InChI is InChI=1S/C10H8ClFN2/c1-7-6-13-14(10(7)11)9-4-2-8(12)3-5-9/h2-6H,1H3. The van der Waals surface area contributed by atoms with E-state index >= 15 is 0 Å². The third-order valence-corrected chi connectivity index (χ3v) is 2.41. The van der Waals surface area contributed by atoms with Gasteiger partial charge in [0.1, 0.15) is 11.0 Å². The van der Waals surface area contributed by atoms with Crippen molar-refractivity contribution >= 4 is 11.6 Å². The molecule has 0 aliphatic heterocycles. The van der Waals surface area contributed by atoms with Crippen molar-refractivity contribution < 1.29 is 4.39 Å². The maximum absolute atomic E-state index is 12.6. The van der Waals surface area contributed by atoms with Crippen LogP contribution < -0.4 is 0 Å². The van der Waals surface area contributed by atoms with Gasteiger partial charge in [-0.1, -0.05) is 11.6 Å². The Labute approximate surface area is 85.9 Å². The molecule has 0 fully saturated rings. The number of halogens is 2. The molecule has 1 heterocycles. The molecule has 1 aromatic carbocycles. The summed E-state index contributed by atoms with van der Waals surface area (Å²) in [6.07, 6.45) is 1.67. The van der Waals surface area contributed by atoms with Crippen LogP contribution in [0.2, 0.25) is 5.15 Å². The number of aromatic nitrogens is 2. The highest BCUT2D eigenvalue weighted by Crippen LogP contribution is 2.19. The highest BCUT2D eigenvalue weighted by molar-refractivity contribution is 6.30. The van der Waals surface area contributed by atoms with Crippen LogP contribution in [-0.4, -0.2) is 9.78 Å². The lowest BCUT2D eigenvalue weighted by atomic mass is 10.3. The van der Waals surface area contributed by atoms with Crippen LogP contribution in [0.4, 0.5) is 4.39 Å². The molecule has 0 aliphatic rings. The summed E-state index contributed by atoms with van der Waals surface area (Å²) in [7, 11) is 0. The monoisotopic (exact) mass is 210 g/mol. The maximum atomic E-state index is 12.6. The van der Waals surface area contributed by atoms with Gasteiger partial charge in [-0.3, -0.25) is 0 Å². The Morgan fingerprint density at radius 1 is 1.29 bits per heavy atom. The molecule has 2 aromatic rings. The Morgan fingerprint density at radius 2 is 1.93 bits per heavy atom. The first kappa shape index (κ1) is 9.21. The van der Waals surface area contributed by atoms with Gasteiger partial charge in [-0.15, -0.1) is 0 Å². The lowest BCUT2D eigenvalue weighted by molar-refractivity contribution is 0.627. The molecule has 0 saturated carbocycles. The van der Waals surface area contributed by atoms with Crippen molar-refractivity contribution in [3.05, 3.63) is 47.0 Å². The molecule has 0 aliphatic carbocycles. The Balaban J connectivity index is 2.49. The smallest absolute Gasteiger partial charge is 0.135 e. The quantitative estimate of drug-likeness (QED) is 0.708. The number of rotatable bonds is 1. The van der Waals surface area contributed by atoms with Gasteiger partial charge in [0.05, 0.1) is 11.9 Å². The van der Waals surface area contributed by atoms with Gasteiger partial charge in [-0.05, 0) is 31.2 Å². The first-order valence-corrected chi connectivity index (χ1v) is 4.52. The summed E-state index contributed by atoms with van der Waals surface area (Å²) in [6.45, 7) is 1.87. The average Bonchev–Trinajstić information content (AvgIpc) is 2.50. The van der Waals surface area contributed by atoms with Gasteiger partial charge < -0.3 is 0 Å². The molecule has 1 aromatic heterocycles. The van der Waals surface area contributed by atoms with E-state index in [0.29, 0.717) is 5.15 Å². The topological polar surface area (TPSA) is 17.8 Å². The Hall–Kier alpha value is -1.35. The second-order valence-corrected chi connectivity index (χ2v) is 3.36. The predicted molar refractivity (Wildman–Crippen MR) is 53.3 cm³/mol. The summed E-state index contributed by atoms with van der Waals surface area (Å²) in [5.74, 6) is -0.270. The van der Waals surface area contributed by atoms with E-state index in [1.165, 1.54) is 12.1 Å². The van der Waals surface area contributed by atoms with Crippen molar-refractivity contribution in [3.8, 4) is 5.69 Å². The van der Waals surface area contributed by atoms with E-state index in [0.717, 1.165) is 11.3 Å². The van der Waals surface area contributed by atoms with Crippen molar-refractivity contribution in [2.75, 3.05) is 0 Å². The van der Waals surface area contributed by atoms with Crippen LogP contribution in [0.3, 0.4) is 0 Å². The molecule has 0 bridgehead atoms. The highest BCUT2D eigenvalue weighted by Gasteiger charge is 2.05. The third kappa shape index (κ3) is 1.51. The Bertz CT molecular complexity index is 448. The molecular formula is C10H8ClFN2. The van der Waals surface area contributed by atoms with E-state index < -0.39 is 0 Å². The molecular weight excluding hydrogens is 203 g/mol. The Morgan fingerprint density at radius 3 is 2.43 bits per heavy atom. The normalized spacial score (nSPS) is 10.5. The average molecular weight is 211 g/mol. The zero-order chi connectivity index (χ0) is 10.1. The lowest BCUT2D eigenvalue weighted by Crippen LogP contribution is -1.95. The molecule has 0 atom stereocenters. The molecule has 0 saturated heterocycles. The number of hydrogen-bond donors (Lipinski definition) is 0. The van der Waals surface area contributed by atoms with E-state index in [4.69, 9.17) is 11.6 Å². The fourth-order valence-electron chi connectivity index (χ4n) is 1.18. The molecule has 2 nitrogen and oxygen atoms in total. The summed E-state index contributed by atoms with van der Waals surface area (Å²) in [6, 6.07) is 6.02. The molecule has 0 radical (unpaired) electrons. The van der Waals surface area contributed by atoms with Crippen LogP contribution in [0.5, 0.6) is 0 Å². The van der Waals surface area contributed by atoms with E-state index in [1.807, 2.05) is 6.92 Å². The minimum absolute atomic E-state index is 0.270. The second kappa shape index (κ2) is 3.42. The molecule has 0 amide bonds. The SMILES string of the molecule is Cc1cnn(-c2ccc(F)cc2)c1Cl. The second-order valence-electron chi connectivity index (χ2n) is 3.01. The largest absolute Gasteiger partial charge is 0.222 e. The van der Waals surface area contributed by atoms with Crippen LogP contribution in [0.25, 0.3) is 5.69 Å². The molecule has 72 valence electrons. The zero-order valence-electron chi connectivity index (χ0n) is 7.54. The van der Waals surface area contributed by atoms with Crippen molar-refractivity contribution in [2.45, 2.75) is 6.92 Å². The third-order valence-electron chi connectivity index (χ3n) is 1.95. The molecule has 14 heavy (non-hydrogen) atoms. The number of hydrogen-bond acceptors (Lipinski definition) is 1. The zero-order valence-corrected chi connectivity index (χ0v) is 8.29. The van der Waals surface area contributed by atoms with E-state index in [-0.39, 0.29) is 5.82 Å². The van der Waals surface area contributed by atoms with Crippen molar-refractivity contribution in [3.63, 3.8) is 0 Å². The van der Waals surface area contributed by atoms with E-state index in [2.05, 4.69) is 5.10 Å². The van der Waals surface area contributed by atoms with Gasteiger partial charge in [0.25, 0.3) is 0 Å². The molecule has 4 heteroatoms. The van der Waals surface area contributed by atoms with Crippen LogP contribution in [0, 0.1) is 12.7 Å². The minimum atomic E-state index is -0.270. The molecule has 0 unspecified atom stereocenters. The van der Waals surface area contributed by atoms with E-state index in [9.17, 15) is 4.39 Å². The number of nitrogens with zero attached hydrogens (tertiary/aromatic N) is 2. The van der Waals surface area contributed by atoms with Gasteiger partial charge in [0.15, 0.2) is 0 Å². The number of aryl methyl sites for hydroxylation is 1. The fourth-order valence-corrected chi connectivity index (χ4v) is 1.37. The van der Waals surface area contributed by atoms with Crippen LogP contribution in [-0.2, 0) is 0 Å².